The van der Waals surface area contributed by atoms with Crippen LogP contribution >= 0.6 is 15.9 Å². The molecule has 0 amide bonds. The van der Waals surface area contributed by atoms with Gasteiger partial charge in [-0.05, 0) is 31.0 Å². The largest absolute Gasteiger partial charge is 0.491 e. The van der Waals surface area contributed by atoms with Gasteiger partial charge in [-0.1, -0.05) is 34.8 Å². The van der Waals surface area contributed by atoms with Crippen LogP contribution in [0, 0.1) is 0 Å². The topological polar surface area (TPSA) is 44.5 Å². The number of rotatable bonds is 5. The lowest BCUT2D eigenvalue weighted by Crippen LogP contribution is -2.40. The van der Waals surface area contributed by atoms with Crippen LogP contribution in [0.5, 0.6) is 5.75 Å². The van der Waals surface area contributed by atoms with Crippen LogP contribution in [0.4, 0.5) is 0 Å². The quantitative estimate of drug-likeness (QED) is 0.849. The van der Waals surface area contributed by atoms with Crippen molar-refractivity contribution < 1.29 is 9.47 Å². The van der Waals surface area contributed by atoms with Crippen molar-refractivity contribution in [3.63, 3.8) is 0 Å². The van der Waals surface area contributed by atoms with Gasteiger partial charge < -0.3 is 15.2 Å². The fourth-order valence-corrected chi connectivity index (χ4v) is 2.63. The summed E-state index contributed by atoms with van der Waals surface area (Å²) in [5, 5.41) is 0. The second-order valence-electron chi connectivity index (χ2n) is 4.66. The molecule has 1 aliphatic carbocycles. The molecule has 0 saturated heterocycles. The van der Waals surface area contributed by atoms with Crippen molar-refractivity contribution in [2.45, 2.75) is 37.8 Å². The van der Waals surface area contributed by atoms with Crippen LogP contribution < -0.4 is 10.5 Å². The molecule has 1 aliphatic rings. The van der Waals surface area contributed by atoms with Gasteiger partial charge in [0.2, 0.25) is 0 Å². The maximum atomic E-state index is 6.02. The fraction of sp³-hybridized carbons (Fsp3) is 0.571. The first-order valence-electron chi connectivity index (χ1n) is 6.51. The van der Waals surface area contributed by atoms with E-state index in [9.17, 15) is 0 Å². The Bertz CT molecular complexity index is 373. The monoisotopic (exact) mass is 313 g/mol. The molecule has 100 valence electrons. The molecule has 2 N–H and O–H groups in total. The van der Waals surface area contributed by atoms with Crippen molar-refractivity contribution in [1.29, 1.82) is 0 Å². The second-order valence-corrected chi connectivity index (χ2v) is 5.58. The van der Waals surface area contributed by atoms with E-state index in [2.05, 4.69) is 15.9 Å². The minimum absolute atomic E-state index is 0.199. The van der Waals surface area contributed by atoms with Crippen molar-refractivity contribution in [1.82, 2.24) is 0 Å². The number of hydrogen-bond donors (Lipinski definition) is 1. The molecule has 18 heavy (non-hydrogen) atoms. The average Bonchev–Trinajstić information content (AvgIpc) is 2.37. The van der Waals surface area contributed by atoms with Gasteiger partial charge in [0.25, 0.3) is 0 Å². The normalized spacial score (nSPS) is 23.9. The molecule has 3 nitrogen and oxygen atoms in total. The van der Waals surface area contributed by atoms with Crippen molar-refractivity contribution >= 4 is 15.9 Å². The van der Waals surface area contributed by atoms with Gasteiger partial charge >= 0.3 is 0 Å². The number of ether oxygens (including phenoxy) is 2. The van der Waals surface area contributed by atoms with Gasteiger partial charge in [0, 0.05) is 10.5 Å². The van der Waals surface area contributed by atoms with E-state index < -0.39 is 0 Å². The third-order valence-corrected chi connectivity index (χ3v) is 3.73. The fourth-order valence-electron chi connectivity index (χ4n) is 2.25. The summed E-state index contributed by atoms with van der Waals surface area (Å²) in [6.45, 7) is 1.17. The van der Waals surface area contributed by atoms with Crippen molar-refractivity contribution in [3.05, 3.63) is 28.7 Å². The van der Waals surface area contributed by atoms with Gasteiger partial charge in [-0.15, -0.1) is 0 Å². The van der Waals surface area contributed by atoms with Crippen molar-refractivity contribution in [2.24, 2.45) is 5.73 Å². The average molecular weight is 314 g/mol. The summed E-state index contributed by atoms with van der Waals surface area (Å²) in [5.74, 6) is 0.862. The van der Waals surface area contributed by atoms with E-state index in [-0.39, 0.29) is 12.1 Å². The molecule has 2 unspecified atom stereocenters. The van der Waals surface area contributed by atoms with Crippen LogP contribution in [-0.2, 0) is 4.74 Å². The van der Waals surface area contributed by atoms with E-state index in [4.69, 9.17) is 15.2 Å². The molecule has 1 saturated carbocycles. The lowest BCUT2D eigenvalue weighted by atomic mass is 9.93. The molecular weight excluding hydrogens is 294 g/mol. The van der Waals surface area contributed by atoms with Gasteiger partial charge in [0.15, 0.2) is 0 Å². The number of nitrogens with two attached hydrogens (primary N) is 1. The molecule has 0 radical (unpaired) electrons. The molecule has 4 heteroatoms. The molecule has 0 spiro atoms. The SMILES string of the molecule is NC1CCCCC1OCCOc1cccc(Br)c1. The Kier molecular flexibility index (Phi) is 5.47. The molecule has 0 aliphatic heterocycles. The van der Waals surface area contributed by atoms with Crippen molar-refractivity contribution in [2.75, 3.05) is 13.2 Å². The van der Waals surface area contributed by atoms with Gasteiger partial charge in [0.05, 0.1) is 12.7 Å². The summed E-state index contributed by atoms with van der Waals surface area (Å²) >= 11 is 3.41. The standard InChI is InChI=1S/C14H20BrNO2/c15-11-4-3-5-12(10-11)17-8-9-18-14-7-2-1-6-13(14)16/h3-5,10,13-14H,1-2,6-9,16H2. The number of halogens is 1. The Labute approximate surface area is 117 Å². The van der Waals surface area contributed by atoms with E-state index in [0.29, 0.717) is 13.2 Å². The maximum absolute atomic E-state index is 6.02. The summed E-state index contributed by atoms with van der Waals surface area (Å²) in [6, 6.07) is 8.02. The van der Waals surface area contributed by atoms with Crippen LogP contribution in [-0.4, -0.2) is 25.4 Å². The highest BCUT2D eigenvalue weighted by Gasteiger charge is 2.21. The summed E-state index contributed by atoms with van der Waals surface area (Å²) in [6.07, 6.45) is 4.83. The van der Waals surface area contributed by atoms with E-state index in [0.717, 1.165) is 23.1 Å². The maximum Gasteiger partial charge on any atom is 0.120 e. The predicted octanol–water partition coefficient (Wildman–Crippen LogP) is 3.11. The van der Waals surface area contributed by atoms with Crippen molar-refractivity contribution in [3.8, 4) is 5.75 Å². The lowest BCUT2D eigenvalue weighted by Gasteiger charge is -2.28. The summed E-state index contributed by atoms with van der Waals surface area (Å²) in [7, 11) is 0. The molecule has 0 bridgehead atoms. The minimum Gasteiger partial charge on any atom is -0.491 e. The highest BCUT2D eigenvalue weighted by molar-refractivity contribution is 9.10. The Morgan fingerprint density at radius 3 is 2.83 bits per heavy atom. The van der Waals surface area contributed by atoms with Crippen LogP contribution in [0.15, 0.2) is 28.7 Å². The first-order chi connectivity index (χ1) is 8.75. The van der Waals surface area contributed by atoms with Crippen LogP contribution in [0.1, 0.15) is 25.7 Å². The molecule has 2 atom stereocenters. The molecule has 0 heterocycles. The van der Waals surface area contributed by atoms with Crippen LogP contribution in [0.2, 0.25) is 0 Å². The number of hydrogen-bond acceptors (Lipinski definition) is 3. The zero-order valence-electron chi connectivity index (χ0n) is 10.5. The summed E-state index contributed by atoms with van der Waals surface area (Å²) in [5.41, 5.74) is 6.02. The van der Waals surface area contributed by atoms with Gasteiger partial charge in [-0.25, -0.2) is 0 Å². The van der Waals surface area contributed by atoms with Gasteiger partial charge in [-0.3, -0.25) is 0 Å². The molecule has 1 aromatic carbocycles. The predicted molar refractivity (Wildman–Crippen MR) is 75.8 cm³/mol. The Morgan fingerprint density at radius 1 is 1.22 bits per heavy atom. The first-order valence-corrected chi connectivity index (χ1v) is 7.30. The summed E-state index contributed by atoms with van der Waals surface area (Å²) < 4.78 is 12.4. The highest BCUT2D eigenvalue weighted by Crippen LogP contribution is 2.20. The Hall–Kier alpha value is -0.580. The van der Waals surface area contributed by atoms with E-state index in [1.807, 2.05) is 24.3 Å². The third kappa shape index (κ3) is 4.26. The minimum atomic E-state index is 0.199. The zero-order valence-corrected chi connectivity index (χ0v) is 12.1. The van der Waals surface area contributed by atoms with Gasteiger partial charge in [0.1, 0.15) is 12.4 Å². The Morgan fingerprint density at radius 2 is 2.06 bits per heavy atom. The smallest absolute Gasteiger partial charge is 0.120 e. The van der Waals surface area contributed by atoms with E-state index in [1.54, 1.807) is 0 Å². The summed E-state index contributed by atoms with van der Waals surface area (Å²) in [4.78, 5) is 0. The molecule has 2 rings (SSSR count). The van der Waals surface area contributed by atoms with E-state index >= 15 is 0 Å². The third-order valence-electron chi connectivity index (χ3n) is 3.23. The van der Waals surface area contributed by atoms with Crippen LogP contribution in [0.25, 0.3) is 0 Å². The van der Waals surface area contributed by atoms with E-state index in [1.165, 1.54) is 12.8 Å². The zero-order chi connectivity index (χ0) is 12.8. The molecule has 1 aromatic rings. The molecule has 1 fully saturated rings. The van der Waals surface area contributed by atoms with Crippen LogP contribution in [0.3, 0.4) is 0 Å². The molecule has 0 aromatic heterocycles. The Balaban J connectivity index is 1.66. The number of benzene rings is 1. The highest BCUT2D eigenvalue weighted by atomic mass is 79.9. The first kappa shape index (κ1) is 13.8. The molecular formula is C14H20BrNO2. The lowest BCUT2D eigenvalue weighted by molar-refractivity contribution is 0.00137. The van der Waals surface area contributed by atoms with Gasteiger partial charge in [-0.2, -0.15) is 0 Å². The second kappa shape index (κ2) is 7.12.